The molecule has 0 bridgehead atoms. The number of alkyl halides is 2. The maximum absolute atomic E-state index is 14.4. The number of carbonyl (C=O) groups excluding carboxylic acids is 3. The lowest BCUT2D eigenvalue weighted by Gasteiger charge is -2.27. The summed E-state index contributed by atoms with van der Waals surface area (Å²) >= 11 is 6.39. The van der Waals surface area contributed by atoms with Gasteiger partial charge in [-0.25, -0.2) is 4.39 Å². The third kappa shape index (κ3) is 6.35. The van der Waals surface area contributed by atoms with E-state index < -0.39 is 42.1 Å². The molecule has 0 saturated carbocycles. The zero-order valence-electron chi connectivity index (χ0n) is 23.9. The molecule has 1 aliphatic heterocycles. The average Bonchev–Trinajstić information content (AvgIpc) is 3.11. The number of carbonyl (C=O) groups is 3. The SMILES string of the molecule is CC[C@@H](C)C(=O)N[C@H]1CN(C(=O)c2ccc(F)cc2)c2cc(Cl)ccc2N(Cc2c(OC(F)F)ccc3ccccc23)C1=O. The van der Waals surface area contributed by atoms with Crippen LogP contribution in [0.2, 0.25) is 5.02 Å². The van der Waals surface area contributed by atoms with Crippen LogP contribution in [0.1, 0.15) is 36.2 Å². The molecule has 4 aromatic rings. The average molecular weight is 624 g/mol. The van der Waals surface area contributed by atoms with Gasteiger partial charge in [-0.2, -0.15) is 8.78 Å². The zero-order chi connectivity index (χ0) is 31.5. The molecule has 1 heterocycles. The minimum atomic E-state index is -3.12. The summed E-state index contributed by atoms with van der Waals surface area (Å²) in [6.45, 7) is -0.0675. The van der Waals surface area contributed by atoms with Crippen molar-refractivity contribution in [1.82, 2.24) is 5.32 Å². The second-order valence-electron chi connectivity index (χ2n) is 10.5. The molecule has 0 aromatic heterocycles. The van der Waals surface area contributed by atoms with Crippen LogP contribution in [-0.4, -0.2) is 36.9 Å². The molecular weight excluding hydrogens is 595 g/mol. The van der Waals surface area contributed by atoms with Crippen LogP contribution in [0.25, 0.3) is 10.8 Å². The van der Waals surface area contributed by atoms with E-state index in [9.17, 15) is 27.6 Å². The molecule has 2 atom stereocenters. The summed E-state index contributed by atoms with van der Waals surface area (Å²) in [6.07, 6.45) is 0.509. The Bertz CT molecular complexity index is 1720. The number of amides is 3. The minimum absolute atomic E-state index is 0.120. The molecule has 0 saturated heterocycles. The Morgan fingerprint density at radius 2 is 1.75 bits per heavy atom. The van der Waals surface area contributed by atoms with Crippen molar-refractivity contribution in [2.24, 2.45) is 5.92 Å². The van der Waals surface area contributed by atoms with Crippen LogP contribution >= 0.6 is 11.6 Å². The highest BCUT2D eigenvalue weighted by Gasteiger charge is 2.38. The quantitative estimate of drug-likeness (QED) is 0.230. The van der Waals surface area contributed by atoms with E-state index in [2.05, 4.69) is 5.32 Å². The number of benzene rings is 4. The molecule has 0 unspecified atom stereocenters. The minimum Gasteiger partial charge on any atom is -0.434 e. The van der Waals surface area contributed by atoms with Crippen molar-refractivity contribution in [1.29, 1.82) is 0 Å². The van der Waals surface area contributed by atoms with E-state index in [1.54, 1.807) is 49.4 Å². The van der Waals surface area contributed by atoms with Gasteiger partial charge >= 0.3 is 6.61 Å². The number of hydrogen-bond acceptors (Lipinski definition) is 4. The lowest BCUT2D eigenvalue weighted by Crippen LogP contribution is -2.53. The van der Waals surface area contributed by atoms with Crippen molar-refractivity contribution in [2.45, 2.75) is 39.5 Å². The molecule has 0 spiro atoms. The van der Waals surface area contributed by atoms with Gasteiger partial charge in [0, 0.05) is 22.1 Å². The molecule has 7 nitrogen and oxygen atoms in total. The van der Waals surface area contributed by atoms with Crippen LogP contribution in [-0.2, 0) is 16.1 Å². The third-order valence-electron chi connectivity index (χ3n) is 7.69. The summed E-state index contributed by atoms with van der Waals surface area (Å²) in [4.78, 5) is 44.0. The number of halogens is 4. The van der Waals surface area contributed by atoms with Gasteiger partial charge in [0.05, 0.1) is 24.5 Å². The molecule has 11 heteroatoms. The normalized spacial score (nSPS) is 15.6. The van der Waals surface area contributed by atoms with Crippen molar-refractivity contribution in [3.8, 4) is 5.75 Å². The molecular formula is C33H29ClF3N3O4. The van der Waals surface area contributed by atoms with Gasteiger partial charge in [0.1, 0.15) is 17.6 Å². The van der Waals surface area contributed by atoms with Gasteiger partial charge in [-0.1, -0.05) is 55.8 Å². The Morgan fingerprint density at radius 1 is 1.02 bits per heavy atom. The van der Waals surface area contributed by atoms with Crippen molar-refractivity contribution < 1.29 is 32.3 Å². The monoisotopic (exact) mass is 623 g/mol. The fraction of sp³-hybridized carbons (Fsp3) is 0.242. The Morgan fingerprint density at radius 3 is 2.45 bits per heavy atom. The van der Waals surface area contributed by atoms with Gasteiger partial charge in [0.25, 0.3) is 11.8 Å². The van der Waals surface area contributed by atoms with Crippen molar-refractivity contribution in [2.75, 3.05) is 16.3 Å². The second kappa shape index (κ2) is 13.0. The Hall–Kier alpha value is -4.57. The van der Waals surface area contributed by atoms with Crippen LogP contribution in [0, 0.1) is 11.7 Å². The number of hydrogen-bond donors (Lipinski definition) is 1. The van der Waals surface area contributed by atoms with Crippen molar-refractivity contribution in [3.05, 3.63) is 101 Å². The molecule has 0 aliphatic carbocycles. The second-order valence-corrected chi connectivity index (χ2v) is 10.9. The summed E-state index contributed by atoms with van der Waals surface area (Å²) in [5.41, 5.74) is 0.956. The van der Waals surface area contributed by atoms with Crippen LogP contribution in [0.3, 0.4) is 0 Å². The maximum atomic E-state index is 14.4. The van der Waals surface area contributed by atoms with E-state index >= 15 is 0 Å². The smallest absolute Gasteiger partial charge is 0.387 e. The van der Waals surface area contributed by atoms with Gasteiger partial charge in [-0.05, 0) is 65.7 Å². The highest BCUT2D eigenvalue weighted by atomic mass is 35.5. The largest absolute Gasteiger partial charge is 0.434 e. The van der Waals surface area contributed by atoms with E-state index in [0.717, 1.165) is 17.5 Å². The molecule has 0 radical (unpaired) electrons. The van der Waals surface area contributed by atoms with Crippen molar-refractivity contribution in [3.63, 3.8) is 0 Å². The summed E-state index contributed by atoms with van der Waals surface area (Å²) in [7, 11) is 0. The first-order chi connectivity index (χ1) is 21.1. The van der Waals surface area contributed by atoms with Crippen LogP contribution in [0.15, 0.2) is 78.9 Å². The number of nitrogens with one attached hydrogen (secondary N) is 1. The van der Waals surface area contributed by atoms with Gasteiger partial charge in [0.2, 0.25) is 5.91 Å². The van der Waals surface area contributed by atoms with E-state index in [0.29, 0.717) is 17.4 Å². The van der Waals surface area contributed by atoms with E-state index in [-0.39, 0.29) is 40.8 Å². The molecule has 44 heavy (non-hydrogen) atoms. The van der Waals surface area contributed by atoms with E-state index in [1.807, 2.05) is 6.92 Å². The topological polar surface area (TPSA) is 79.0 Å². The van der Waals surface area contributed by atoms with Gasteiger partial charge in [0.15, 0.2) is 0 Å². The standard InChI is InChI=1S/C33H29ClF3N3O4/c1-3-19(2)30(41)38-26-18-40(31(42)21-8-12-23(35)13-9-21)28-16-22(34)11-14-27(28)39(32(26)43)17-25-24-7-5-4-6-20(24)10-15-29(25)44-33(36)37/h4-16,19,26,33H,3,17-18H2,1-2H3,(H,38,41)/t19-,26+/m1/s1. The number of anilines is 2. The Balaban J connectivity index is 1.68. The molecule has 4 aromatic carbocycles. The summed E-state index contributed by atoms with van der Waals surface area (Å²) in [6, 6.07) is 18.5. The first kappa shape index (κ1) is 30.9. The molecule has 1 N–H and O–H groups in total. The zero-order valence-corrected chi connectivity index (χ0v) is 24.7. The summed E-state index contributed by atoms with van der Waals surface area (Å²) in [5, 5.41) is 4.37. The Kier molecular flexibility index (Phi) is 9.10. The van der Waals surface area contributed by atoms with Gasteiger partial charge in [-0.15, -0.1) is 0 Å². The number of fused-ring (bicyclic) bond motifs is 2. The highest BCUT2D eigenvalue weighted by molar-refractivity contribution is 6.31. The van der Waals surface area contributed by atoms with Crippen LogP contribution in [0.5, 0.6) is 5.75 Å². The Labute approximate surface area is 257 Å². The van der Waals surface area contributed by atoms with Gasteiger partial charge in [-0.3, -0.25) is 14.4 Å². The molecule has 1 aliphatic rings. The third-order valence-corrected chi connectivity index (χ3v) is 7.93. The maximum Gasteiger partial charge on any atom is 0.387 e. The molecule has 3 amide bonds. The van der Waals surface area contributed by atoms with Crippen LogP contribution in [0.4, 0.5) is 24.5 Å². The lowest BCUT2D eigenvalue weighted by atomic mass is 10.0. The first-order valence-corrected chi connectivity index (χ1v) is 14.4. The number of rotatable bonds is 8. The van der Waals surface area contributed by atoms with E-state index in [1.165, 1.54) is 34.1 Å². The number of nitrogens with zero attached hydrogens (tertiary/aromatic N) is 2. The summed E-state index contributed by atoms with van der Waals surface area (Å²) < 4.78 is 45.6. The fourth-order valence-corrected chi connectivity index (χ4v) is 5.33. The van der Waals surface area contributed by atoms with Crippen LogP contribution < -0.4 is 19.9 Å². The van der Waals surface area contributed by atoms with Crippen molar-refractivity contribution >= 4 is 51.5 Å². The van der Waals surface area contributed by atoms with Gasteiger partial charge < -0.3 is 19.9 Å². The predicted molar refractivity (Wildman–Crippen MR) is 163 cm³/mol. The lowest BCUT2D eigenvalue weighted by molar-refractivity contribution is -0.129. The summed E-state index contributed by atoms with van der Waals surface area (Å²) in [5.74, 6) is -2.60. The van der Waals surface area contributed by atoms with E-state index in [4.69, 9.17) is 16.3 Å². The highest BCUT2D eigenvalue weighted by Crippen LogP contribution is 2.39. The fourth-order valence-electron chi connectivity index (χ4n) is 5.16. The molecule has 5 rings (SSSR count). The molecule has 0 fully saturated rings. The number of ether oxygens (including phenoxy) is 1. The first-order valence-electron chi connectivity index (χ1n) is 14.0. The predicted octanol–water partition coefficient (Wildman–Crippen LogP) is 6.96. The molecule has 228 valence electrons.